The number of nitrogens with one attached hydrogen (secondary N) is 1. The van der Waals surface area contributed by atoms with Crippen LogP contribution in [0.5, 0.6) is 0 Å². The van der Waals surface area contributed by atoms with E-state index in [1.54, 1.807) is 0 Å². The van der Waals surface area contributed by atoms with Crippen molar-refractivity contribution in [2.45, 2.75) is 25.1 Å². The number of non-ortho nitro benzene ring substituents is 1. The maximum atomic E-state index is 13.1. The number of anilines is 1. The van der Waals surface area contributed by atoms with Crippen molar-refractivity contribution < 1.29 is 26.5 Å². The van der Waals surface area contributed by atoms with Crippen molar-refractivity contribution in [1.29, 1.82) is 0 Å². The number of benzene rings is 1. The second-order valence-corrected chi connectivity index (χ2v) is 7.57. The lowest BCUT2D eigenvalue weighted by Gasteiger charge is -2.32. The average Bonchev–Trinajstić information content (AvgIpc) is 2.45. The second-order valence-electron chi connectivity index (χ2n) is 5.59. The molecule has 134 valence electrons. The van der Waals surface area contributed by atoms with E-state index >= 15 is 0 Å². The first kappa shape index (κ1) is 18.5. The Morgan fingerprint density at radius 3 is 2.58 bits per heavy atom. The predicted molar refractivity (Wildman–Crippen MR) is 81.2 cm³/mol. The van der Waals surface area contributed by atoms with Gasteiger partial charge in [0, 0.05) is 37.0 Å². The van der Waals surface area contributed by atoms with E-state index in [1.165, 1.54) is 4.31 Å². The Morgan fingerprint density at radius 2 is 2.04 bits per heavy atom. The van der Waals surface area contributed by atoms with Gasteiger partial charge in [-0.1, -0.05) is 0 Å². The molecule has 0 aliphatic carbocycles. The molecule has 0 aromatic heterocycles. The minimum atomic E-state index is -4.76. The van der Waals surface area contributed by atoms with E-state index in [0.29, 0.717) is 25.5 Å². The maximum Gasteiger partial charge on any atom is 0.418 e. The van der Waals surface area contributed by atoms with Gasteiger partial charge in [0.15, 0.2) is 0 Å². The molecule has 0 amide bonds. The number of halogens is 3. The van der Waals surface area contributed by atoms with E-state index in [2.05, 4.69) is 5.32 Å². The highest BCUT2D eigenvalue weighted by molar-refractivity contribution is 7.88. The number of hydrogen-bond donors (Lipinski definition) is 1. The number of nitro groups is 1. The van der Waals surface area contributed by atoms with Crippen molar-refractivity contribution in [1.82, 2.24) is 4.31 Å². The van der Waals surface area contributed by atoms with Crippen LogP contribution < -0.4 is 5.32 Å². The lowest BCUT2D eigenvalue weighted by molar-refractivity contribution is -0.385. The van der Waals surface area contributed by atoms with Gasteiger partial charge in [-0.05, 0) is 18.9 Å². The van der Waals surface area contributed by atoms with Gasteiger partial charge in [0.05, 0.1) is 16.7 Å². The van der Waals surface area contributed by atoms with Crippen molar-refractivity contribution in [2.24, 2.45) is 0 Å². The van der Waals surface area contributed by atoms with Gasteiger partial charge in [0.2, 0.25) is 10.0 Å². The Kier molecular flexibility index (Phi) is 5.04. The summed E-state index contributed by atoms with van der Waals surface area (Å²) in [4.78, 5) is 9.78. The van der Waals surface area contributed by atoms with Gasteiger partial charge in [0.25, 0.3) is 5.69 Å². The van der Waals surface area contributed by atoms with Gasteiger partial charge in [-0.2, -0.15) is 13.2 Å². The Morgan fingerprint density at radius 1 is 1.38 bits per heavy atom. The molecule has 1 unspecified atom stereocenters. The molecule has 7 nitrogen and oxygen atoms in total. The first-order valence-electron chi connectivity index (χ1n) is 7.06. The normalized spacial score (nSPS) is 19.9. The van der Waals surface area contributed by atoms with Gasteiger partial charge in [-0.3, -0.25) is 10.1 Å². The predicted octanol–water partition coefficient (Wildman–Crippen LogP) is 2.45. The highest BCUT2D eigenvalue weighted by Gasteiger charge is 2.36. The number of piperidine rings is 1. The third-order valence-electron chi connectivity index (χ3n) is 3.73. The third-order valence-corrected chi connectivity index (χ3v) is 5.00. The molecule has 11 heteroatoms. The molecule has 1 atom stereocenters. The van der Waals surface area contributed by atoms with Crippen LogP contribution in [-0.4, -0.2) is 43.0 Å². The molecule has 1 heterocycles. The highest BCUT2D eigenvalue weighted by Crippen LogP contribution is 2.37. The van der Waals surface area contributed by atoms with Gasteiger partial charge < -0.3 is 5.32 Å². The summed E-state index contributed by atoms with van der Waals surface area (Å²) >= 11 is 0. The Hall–Kier alpha value is -1.88. The Bertz CT molecular complexity index is 736. The highest BCUT2D eigenvalue weighted by atomic mass is 32.2. The van der Waals surface area contributed by atoms with Gasteiger partial charge >= 0.3 is 6.18 Å². The van der Waals surface area contributed by atoms with Crippen molar-refractivity contribution in [3.8, 4) is 0 Å². The van der Waals surface area contributed by atoms with E-state index in [0.717, 1.165) is 18.4 Å². The lowest BCUT2D eigenvalue weighted by atomic mass is 10.1. The minimum Gasteiger partial charge on any atom is -0.380 e. The topological polar surface area (TPSA) is 92.6 Å². The fraction of sp³-hybridized carbons (Fsp3) is 0.538. The first-order chi connectivity index (χ1) is 11.0. The van der Waals surface area contributed by atoms with E-state index in [9.17, 15) is 31.7 Å². The van der Waals surface area contributed by atoms with Crippen LogP contribution in [0.15, 0.2) is 18.2 Å². The van der Waals surface area contributed by atoms with Crippen LogP contribution in [0, 0.1) is 10.1 Å². The standard InChI is InChI=1S/C13H16F3N3O4S/c1-24(22,23)18-6-2-3-9(8-18)17-12-5-4-10(19(20)21)7-11(12)13(14,15)16/h4-5,7,9,17H,2-3,6,8H2,1H3. The Balaban J connectivity index is 2.27. The monoisotopic (exact) mass is 367 g/mol. The lowest BCUT2D eigenvalue weighted by Crippen LogP contribution is -2.44. The van der Waals surface area contributed by atoms with Crippen LogP contribution in [0.2, 0.25) is 0 Å². The summed E-state index contributed by atoms with van der Waals surface area (Å²) in [6, 6.07) is 1.95. The SMILES string of the molecule is CS(=O)(=O)N1CCCC(Nc2ccc([N+](=O)[O-])cc2C(F)(F)F)C1. The van der Waals surface area contributed by atoms with Crippen LogP contribution >= 0.6 is 0 Å². The molecule has 0 saturated carbocycles. The van der Waals surface area contributed by atoms with Crippen molar-refractivity contribution in [2.75, 3.05) is 24.7 Å². The van der Waals surface area contributed by atoms with Gasteiger partial charge in [-0.15, -0.1) is 0 Å². The smallest absolute Gasteiger partial charge is 0.380 e. The maximum absolute atomic E-state index is 13.1. The summed E-state index contributed by atoms with van der Waals surface area (Å²) in [7, 11) is -3.43. The number of sulfonamides is 1. The first-order valence-corrected chi connectivity index (χ1v) is 8.90. The summed E-state index contributed by atoms with van der Waals surface area (Å²) < 4.78 is 63.8. The molecular formula is C13H16F3N3O4S. The van der Waals surface area contributed by atoms with Crippen LogP contribution in [-0.2, 0) is 16.2 Å². The van der Waals surface area contributed by atoms with E-state index in [4.69, 9.17) is 0 Å². The molecule has 24 heavy (non-hydrogen) atoms. The molecule has 0 spiro atoms. The summed E-state index contributed by atoms with van der Waals surface area (Å²) in [5, 5.41) is 13.4. The summed E-state index contributed by atoms with van der Waals surface area (Å²) in [5.74, 6) is 0. The van der Waals surface area contributed by atoms with Crippen LogP contribution in [0.3, 0.4) is 0 Å². The second kappa shape index (κ2) is 6.55. The molecule has 0 radical (unpaired) electrons. The number of hydrogen-bond acceptors (Lipinski definition) is 5. The molecule has 1 aliphatic heterocycles. The van der Waals surface area contributed by atoms with E-state index in [-0.39, 0.29) is 12.2 Å². The Labute approximate surface area is 136 Å². The molecule has 1 aliphatic rings. The molecule has 1 saturated heterocycles. The molecule has 1 N–H and O–H groups in total. The zero-order valence-corrected chi connectivity index (χ0v) is 13.5. The number of rotatable bonds is 4. The van der Waals surface area contributed by atoms with Crippen LogP contribution in [0.25, 0.3) is 0 Å². The van der Waals surface area contributed by atoms with E-state index < -0.39 is 38.4 Å². The van der Waals surface area contributed by atoms with Crippen molar-refractivity contribution in [3.63, 3.8) is 0 Å². The fourth-order valence-electron chi connectivity index (χ4n) is 2.59. The van der Waals surface area contributed by atoms with Crippen LogP contribution in [0.4, 0.5) is 24.5 Å². The molecule has 1 aromatic rings. The van der Waals surface area contributed by atoms with E-state index in [1.807, 2.05) is 0 Å². The number of alkyl halides is 3. The molecule has 1 aromatic carbocycles. The molecule has 1 fully saturated rings. The average molecular weight is 367 g/mol. The third kappa shape index (κ3) is 4.35. The van der Waals surface area contributed by atoms with Crippen molar-refractivity contribution in [3.05, 3.63) is 33.9 Å². The summed E-state index contributed by atoms with van der Waals surface area (Å²) in [6.07, 6.45) is -2.71. The minimum absolute atomic E-state index is 0.0487. The molecule has 2 rings (SSSR count). The fourth-order valence-corrected chi connectivity index (χ4v) is 3.50. The van der Waals surface area contributed by atoms with Crippen molar-refractivity contribution >= 4 is 21.4 Å². The quantitative estimate of drug-likeness (QED) is 0.652. The largest absolute Gasteiger partial charge is 0.418 e. The van der Waals surface area contributed by atoms with Gasteiger partial charge in [-0.25, -0.2) is 12.7 Å². The molecule has 0 bridgehead atoms. The zero-order chi connectivity index (χ0) is 18.1. The van der Waals surface area contributed by atoms with Crippen LogP contribution in [0.1, 0.15) is 18.4 Å². The number of nitro benzene ring substituents is 1. The zero-order valence-electron chi connectivity index (χ0n) is 12.7. The summed E-state index contributed by atoms with van der Waals surface area (Å²) in [6.45, 7) is 0.372. The number of nitrogens with zero attached hydrogens (tertiary/aromatic N) is 2. The van der Waals surface area contributed by atoms with Gasteiger partial charge in [0.1, 0.15) is 0 Å². The summed E-state index contributed by atoms with van der Waals surface area (Å²) in [5.41, 5.74) is -2.10. The molecular weight excluding hydrogens is 351 g/mol.